The summed E-state index contributed by atoms with van der Waals surface area (Å²) in [6.07, 6.45) is 4.51. The highest BCUT2D eigenvalue weighted by atomic mass is 32.2. The molecular weight excluding hydrogens is 396 g/mol. The molecule has 0 aliphatic carbocycles. The molecule has 0 radical (unpaired) electrons. The van der Waals surface area contributed by atoms with Crippen LogP contribution in [0.4, 0.5) is 0 Å². The molecule has 2 saturated heterocycles. The molecule has 2 fully saturated rings. The van der Waals surface area contributed by atoms with E-state index in [1.807, 2.05) is 4.90 Å². The van der Waals surface area contributed by atoms with Gasteiger partial charge in [0.25, 0.3) is 5.91 Å². The third kappa shape index (κ3) is 6.31. The van der Waals surface area contributed by atoms with Gasteiger partial charge in [-0.15, -0.1) is 5.10 Å². The molecule has 2 heterocycles. The Labute approximate surface area is 172 Å². The highest BCUT2D eigenvalue weighted by Gasteiger charge is 2.32. The fourth-order valence-corrected chi connectivity index (χ4v) is 3.84. The second kappa shape index (κ2) is 10.1. The van der Waals surface area contributed by atoms with Crippen molar-refractivity contribution in [1.82, 2.24) is 10.2 Å². The van der Waals surface area contributed by atoms with Crippen molar-refractivity contribution in [2.45, 2.75) is 30.9 Å². The SMILES string of the molecule is O=C(O)CC1SC(=NN=Cc2ccc(OCC(=O)N3CCCCC3)cc2)NC1=O. The third-order valence-corrected chi connectivity index (χ3v) is 5.52. The van der Waals surface area contributed by atoms with E-state index in [4.69, 9.17) is 9.84 Å². The standard InChI is InChI=1S/C19H22N4O5S/c24-16(23-8-2-1-3-9-23)12-28-14-6-4-13(5-7-14)11-20-22-19-21-18(27)15(29-19)10-17(25)26/h4-7,11,15H,1-3,8-10,12H2,(H,25,26)(H,21,22,27). The van der Waals surface area contributed by atoms with Gasteiger partial charge in [-0.3, -0.25) is 14.4 Å². The minimum Gasteiger partial charge on any atom is -0.484 e. The molecule has 9 nitrogen and oxygen atoms in total. The predicted molar refractivity (Wildman–Crippen MR) is 109 cm³/mol. The highest BCUT2D eigenvalue weighted by Crippen LogP contribution is 2.22. The summed E-state index contributed by atoms with van der Waals surface area (Å²) >= 11 is 1.04. The summed E-state index contributed by atoms with van der Waals surface area (Å²) in [5.74, 6) is -0.827. The molecule has 1 aromatic carbocycles. The van der Waals surface area contributed by atoms with E-state index >= 15 is 0 Å². The van der Waals surface area contributed by atoms with Crippen LogP contribution in [0.15, 0.2) is 34.5 Å². The van der Waals surface area contributed by atoms with Crippen molar-refractivity contribution in [3.63, 3.8) is 0 Å². The first-order valence-electron chi connectivity index (χ1n) is 9.32. The largest absolute Gasteiger partial charge is 0.484 e. The topological polar surface area (TPSA) is 121 Å². The van der Waals surface area contributed by atoms with Gasteiger partial charge in [-0.05, 0) is 49.1 Å². The molecule has 0 bridgehead atoms. The van der Waals surface area contributed by atoms with Gasteiger partial charge in [-0.1, -0.05) is 11.8 Å². The summed E-state index contributed by atoms with van der Waals surface area (Å²) in [5.41, 5.74) is 0.764. The molecule has 1 unspecified atom stereocenters. The number of hydrogen-bond donors (Lipinski definition) is 2. The Kier molecular flexibility index (Phi) is 7.23. The Balaban J connectivity index is 1.47. The number of amides is 2. The number of amidine groups is 1. The van der Waals surface area contributed by atoms with E-state index in [0.29, 0.717) is 5.75 Å². The number of rotatable bonds is 7. The first-order valence-corrected chi connectivity index (χ1v) is 10.2. The number of nitrogens with zero attached hydrogens (tertiary/aromatic N) is 3. The number of ether oxygens (including phenoxy) is 1. The molecule has 0 spiro atoms. The monoisotopic (exact) mass is 418 g/mol. The fourth-order valence-electron chi connectivity index (χ4n) is 2.92. The van der Waals surface area contributed by atoms with Crippen LogP contribution in [0, 0.1) is 0 Å². The molecule has 2 N–H and O–H groups in total. The van der Waals surface area contributed by atoms with Crippen LogP contribution in [0.5, 0.6) is 5.75 Å². The number of nitrogens with one attached hydrogen (secondary N) is 1. The van der Waals surface area contributed by atoms with Gasteiger partial charge in [0, 0.05) is 13.1 Å². The summed E-state index contributed by atoms with van der Waals surface area (Å²) in [7, 11) is 0. The highest BCUT2D eigenvalue weighted by molar-refractivity contribution is 8.15. The van der Waals surface area contributed by atoms with Gasteiger partial charge in [-0.25, -0.2) is 0 Å². The number of thioether (sulfide) groups is 1. The lowest BCUT2D eigenvalue weighted by atomic mass is 10.1. The van der Waals surface area contributed by atoms with Crippen LogP contribution >= 0.6 is 11.8 Å². The Morgan fingerprint density at radius 3 is 2.66 bits per heavy atom. The summed E-state index contributed by atoms with van der Waals surface area (Å²) in [6, 6.07) is 7.04. The van der Waals surface area contributed by atoms with Crippen molar-refractivity contribution < 1.29 is 24.2 Å². The normalized spacial score (nSPS) is 20.8. The summed E-state index contributed by atoms with van der Waals surface area (Å²) in [5, 5.41) is 18.7. The lowest BCUT2D eigenvalue weighted by Gasteiger charge is -2.26. The van der Waals surface area contributed by atoms with Crippen molar-refractivity contribution in [3.8, 4) is 5.75 Å². The smallest absolute Gasteiger partial charge is 0.305 e. The van der Waals surface area contributed by atoms with E-state index in [1.54, 1.807) is 24.3 Å². The molecule has 1 atom stereocenters. The van der Waals surface area contributed by atoms with Crippen LogP contribution in [-0.2, 0) is 14.4 Å². The number of benzene rings is 1. The number of hydrogen-bond acceptors (Lipinski definition) is 7. The second-order valence-electron chi connectivity index (χ2n) is 6.64. The number of piperidine rings is 1. The van der Waals surface area contributed by atoms with Crippen molar-refractivity contribution in [3.05, 3.63) is 29.8 Å². The molecule has 2 aliphatic rings. The molecule has 10 heteroatoms. The molecule has 2 aliphatic heterocycles. The number of aliphatic carboxylic acids is 1. The number of carboxylic acids is 1. The van der Waals surface area contributed by atoms with E-state index in [9.17, 15) is 14.4 Å². The van der Waals surface area contributed by atoms with Crippen molar-refractivity contribution in [2.75, 3.05) is 19.7 Å². The van der Waals surface area contributed by atoms with Crippen LogP contribution in [0.25, 0.3) is 0 Å². The Morgan fingerprint density at radius 1 is 1.24 bits per heavy atom. The zero-order valence-electron chi connectivity index (χ0n) is 15.7. The quantitative estimate of drug-likeness (QED) is 0.511. The number of carboxylic acid groups (broad SMARTS) is 1. The van der Waals surface area contributed by atoms with E-state index < -0.39 is 11.2 Å². The average molecular weight is 418 g/mol. The predicted octanol–water partition coefficient (Wildman–Crippen LogP) is 1.47. The molecule has 1 aromatic rings. The van der Waals surface area contributed by atoms with Crippen molar-refractivity contribution >= 4 is 40.9 Å². The zero-order valence-corrected chi connectivity index (χ0v) is 16.6. The number of carbonyl (C=O) groups excluding carboxylic acids is 2. The van der Waals surface area contributed by atoms with Crippen LogP contribution in [0.2, 0.25) is 0 Å². The van der Waals surface area contributed by atoms with E-state index in [0.717, 1.165) is 43.3 Å². The fraction of sp³-hybridized carbons (Fsp3) is 0.421. The maximum Gasteiger partial charge on any atom is 0.305 e. The second-order valence-corrected chi connectivity index (χ2v) is 7.83. The number of carbonyl (C=O) groups is 3. The molecule has 3 rings (SSSR count). The Morgan fingerprint density at radius 2 is 1.97 bits per heavy atom. The van der Waals surface area contributed by atoms with Gasteiger partial charge in [0.15, 0.2) is 11.8 Å². The van der Waals surface area contributed by atoms with Gasteiger partial charge in [0.2, 0.25) is 5.91 Å². The summed E-state index contributed by atoms with van der Waals surface area (Å²) in [4.78, 5) is 36.3. The van der Waals surface area contributed by atoms with Gasteiger partial charge < -0.3 is 20.1 Å². The van der Waals surface area contributed by atoms with Crippen molar-refractivity contribution in [2.24, 2.45) is 10.2 Å². The van der Waals surface area contributed by atoms with Crippen LogP contribution in [0.3, 0.4) is 0 Å². The zero-order chi connectivity index (χ0) is 20.6. The van der Waals surface area contributed by atoms with E-state index in [2.05, 4.69) is 15.5 Å². The molecule has 0 saturated carbocycles. The lowest BCUT2D eigenvalue weighted by Crippen LogP contribution is -2.38. The Bertz CT molecular complexity index is 818. The number of likely N-dealkylation sites (tertiary alicyclic amines) is 1. The van der Waals surface area contributed by atoms with Gasteiger partial charge >= 0.3 is 5.97 Å². The average Bonchev–Trinajstić information content (AvgIpc) is 3.06. The Hall–Kier alpha value is -2.88. The minimum absolute atomic E-state index is 0.00322. The molecule has 154 valence electrons. The molecule has 29 heavy (non-hydrogen) atoms. The van der Waals surface area contributed by atoms with Gasteiger partial charge in [-0.2, -0.15) is 5.10 Å². The maximum absolute atomic E-state index is 12.1. The van der Waals surface area contributed by atoms with Crippen LogP contribution < -0.4 is 10.1 Å². The van der Waals surface area contributed by atoms with Crippen molar-refractivity contribution in [1.29, 1.82) is 0 Å². The molecule has 0 aromatic heterocycles. The summed E-state index contributed by atoms with van der Waals surface area (Å²) in [6.45, 7) is 1.63. The van der Waals surface area contributed by atoms with Crippen LogP contribution in [0.1, 0.15) is 31.2 Å². The third-order valence-electron chi connectivity index (χ3n) is 4.44. The molecule has 2 amide bonds. The van der Waals surface area contributed by atoms with Crippen LogP contribution in [-0.4, -0.2) is 64.1 Å². The first-order chi connectivity index (χ1) is 14.0. The van der Waals surface area contributed by atoms with E-state index in [1.165, 1.54) is 12.6 Å². The van der Waals surface area contributed by atoms with Gasteiger partial charge in [0.1, 0.15) is 11.0 Å². The van der Waals surface area contributed by atoms with E-state index in [-0.39, 0.29) is 30.0 Å². The summed E-state index contributed by atoms with van der Waals surface area (Å²) < 4.78 is 5.55. The first kappa shape index (κ1) is 20.8. The van der Waals surface area contributed by atoms with Gasteiger partial charge in [0.05, 0.1) is 12.6 Å². The maximum atomic E-state index is 12.1. The minimum atomic E-state index is -1.04. The lowest BCUT2D eigenvalue weighted by molar-refractivity contribution is -0.138. The molecular formula is C19H22N4O5S.